The van der Waals surface area contributed by atoms with Crippen molar-refractivity contribution in [3.63, 3.8) is 0 Å². The minimum atomic E-state index is 0.259. The van der Waals surface area contributed by atoms with E-state index in [1.165, 1.54) is 24.0 Å². The van der Waals surface area contributed by atoms with E-state index in [0.717, 1.165) is 10.9 Å². The van der Waals surface area contributed by atoms with Crippen LogP contribution in [0.2, 0.25) is 5.02 Å². The van der Waals surface area contributed by atoms with Gasteiger partial charge in [0.25, 0.3) is 0 Å². The van der Waals surface area contributed by atoms with E-state index >= 15 is 0 Å². The van der Waals surface area contributed by atoms with Crippen LogP contribution in [0.15, 0.2) is 54.6 Å². The maximum atomic E-state index is 6.30. The van der Waals surface area contributed by atoms with Crippen LogP contribution < -0.4 is 5.32 Å². The zero-order valence-corrected chi connectivity index (χ0v) is 12.5. The summed E-state index contributed by atoms with van der Waals surface area (Å²) in [6.07, 6.45) is 2.64. The summed E-state index contributed by atoms with van der Waals surface area (Å²) in [6, 6.07) is 19.5. The Balaban J connectivity index is 1.79. The van der Waals surface area contributed by atoms with Crippen LogP contribution in [0.25, 0.3) is 0 Å². The fraction of sp³-hybridized carbons (Fsp3) is 0.333. The molecule has 2 aromatic rings. The Morgan fingerprint density at radius 2 is 1.65 bits per heavy atom. The quantitative estimate of drug-likeness (QED) is 0.802. The molecule has 0 spiro atoms. The molecule has 1 nitrogen and oxygen atoms in total. The Hall–Kier alpha value is -1.31. The number of rotatable bonds is 5. The second-order valence-corrected chi connectivity index (χ2v) is 6.04. The fourth-order valence-corrected chi connectivity index (χ4v) is 3.08. The topological polar surface area (TPSA) is 12.0 Å². The predicted octanol–water partition coefficient (Wildman–Crippen LogP) is 5.14. The Bertz CT molecular complexity index is 563. The maximum Gasteiger partial charge on any atom is 0.0453 e. The number of halogens is 1. The number of nitrogens with one attached hydrogen (secondary N) is 1. The molecule has 2 aromatic carbocycles. The van der Waals surface area contributed by atoms with E-state index in [1.54, 1.807) is 0 Å². The van der Waals surface area contributed by atoms with Crippen LogP contribution >= 0.6 is 11.6 Å². The third kappa shape index (κ3) is 3.05. The van der Waals surface area contributed by atoms with E-state index in [1.807, 2.05) is 18.2 Å². The van der Waals surface area contributed by atoms with Crippen molar-refractivity contribution in [2.24, 2.45) is 5.92 Å². The van der Waals surface area contributed by atoms with Gasteiger partial charge in [-0.25, -0.2) is 0 Å². The van der Waals surface area contributed by atoms with Crippen molar-refractivity contribution in [2.75, 3.05) is 0 Å². The Morgan fingerprint density at radius 3 is 2.30 bits per heavy atom. The summed E-state index contributed by atoms with van der Waals surface area (Å²) >= 11 is 6.30. The van der Waals surface area contributed by atoms with Gasteiger partial charge in [-0.1, -0.05) is 60.1 Å². The molecule has 20 heavy (non-hydrogen) atoms. The Labute approximate surface area is 126 Å². The molecule has 104 valence electrons. The van der Waals surface area contributed by atoms with Crippen LogP contribution in [0.5, 0.6) is 0 Å². The van der Waals surface area contributed by atoms with E-state index in [4.69, 9.17) is 11.6 Å². The maximum absolute atomic E-state index is 6.30. The molecule has 1 aliphatic rings. The molecule has 0 heterocycles. The van der Waals surface area contributed by atoms with E-state index in [-0.39, 0.29) is 6.04 Å². The van der Waals surface area contributed by atoms with E-state index < -0.39 is 0 Å². The van der Waals surface area contributed by atoms with Crippen LogP contribution in [-0.4, -0.2) is 0 Å². The summed E-state index contributed by atoms with van der Waals surface area (Å²) < 4.78 is 0. The van der Waals surface area contributed by atoms with Crippen LogP contribution in [-0.2, 0) is 0 Å². The van der Waals surface area contributed by atoms with E-state index in [2.05, 4.69) is 48.6 Å². The monoisotopic (exact) mass is 285 g/mol. The normalized spacial score (nSPS) is 17.7. The van der Waals surface area contributed by atoms with Crippen molar-refractivity contribution < 1.29 is 0 Å². The molecular weight excluding hydrogens is 266 g/mol. The molecule has 0 aromatic heterocycles. The van der Waals surface area contributed by atoms with Gasteiger partial charge in [0.05, 0.1) is 0 Å². The summed E-state index contributed by atoms with van der Waals surface area (Å²) in [7, 11) is 0. The smallest absolute Gasteiger partial charge is 0.0453 e. The third-order valence-electron chi connectivity index (χ3n) is 4.05. The SMILES string of the molecule is C[C@H](NC(c1ccccc1)C1CC1)c1ccccc1Cl. The third-order valence-corrected chi connectivity index (χ3v) is 4.40. The van der Waals surface area contributed by atoms with Crippen molar-refractivity contribution in [2.45, 2.75) is 31.8 Å². The van der Waals surface area contributed by atoms with Crippen molar-refractivity contribution in [1.82, 2.24) is 5.32 Å². The number of hydrogen-bond acceptors (Lipinski definition) is 1. The highest BCUT2D eigenvalue weighted by Gasteiger charge is 2.33. The summed E-state index contributed by atoms with van der Waals surface area (Å²) in [6.45, 7) is 2.19. The molecule has 1 aliphatic carbocycles. The standard InChI is InChI=1S/C18H20ClN/c1-13(16-9-5-6-10-17(16)19)20-18(15-11-12-15)14-7-3-2-4-8-14/h2-10,13,15,18,20H,11-12H2,1H3/t13-,18?/m0/s1. The first-order chi connectivity index (χ1) is 9.75. The van der Waals surface area contributed by atoms with Gasteiger partial charge in [0.1, 0.15) is 0 Å². The average molecular weight is 286 g/mol. The molecule has 0 aliphatic heterocycles. The molecule has 1 saturated carbocycles. The molecule has 2 heteroatoms. The van der Waals surface area contributed by atoms with Crippen LogP contribution in [0.3, 0.4) is 0 Å². The highest BCUT2D eigenvalue weighted by atomic mass is 35.5. The average Bonchev–Trinajstić information content (AvgIpc) is 3.30. The first-order valence-electron chi connectivity index (χ1n) is 7.31. The first-order valence-corrected chi connectivity index (χ1v) is 7.69. The van der Waals surface area contributed by atoms with Gasteiger partial charge in [-0.3, -0.25) is 0 Å². The van der Waals surface area contributed by atoms with Gasteiger partial charge in [-0.05, 0) is 42.9 Å². The lowest BCUT2D eigenvalue weighted by molar-refractivity contribution is 0.427. The van der Waals surface area contributed by atoms with Gasteiger partial charge in [-0.2, -0.15) is 0 Å². The summed E-state index contributed by atoms with van der Waals surface area (Å²) in [5, 5.41) is 4.61. The van der Waals surface area contributed by atoms with Crippen molar-refractivity contribution >= 4 is 11.6 Å². The highest BCUT2D eigenvalue weighted by Crippen LogP contribution is 2.42. The first kappa shape index (κ1) is 13.7. The van der Waals surface area contributed by atoms with E-state index in [0.29, 0.717) is 6.04 Å². The van der Waals surface area contributed by atoms with Crippen LogP contribution in [0.1, 0.15) is 43.0 Å². The molecule has 1 fully saturated rings. The Morgan fingerprint density at radius 1 is 1.00 bits per heavy atom. The molecule has 0 saturated heterocycles. The van der Waals surface area contributed by atoms with E-state index in [9.17, 15) is 0 Å². The minimum Gasteiger partial charge on any atom is -0.303 e. The second-order valence-electron chi connectivity index (χ2n) is 5.64. The summed E-state index contributed by atoms with van der Waals surface area (Å²) in [5.41, 5.74) is 2.56. The lowest BCUT2D eigenvalue weighted by Gasteiger charge is -2.24. The van der Waals surface area contributed by atoms with Gasteiger partial charge >= 0.3 is 0 Å². The molecular formula is C18H20ClN. The predicted molar refractivity (Wildman–Crippen MR) is 84.9 cm³/mol. The Kier molecular flexibility index (Phi) is 4.09. The minimum absolute atomic E-state index is 0.259. The summed E-state index contributed by atoms with van der Waals surface area (Å²) in [4.78, 5) is 0. The second kappa shape index (κ2) is 5.99. The van der Waals surface area contributed by atoms with Crippen LogP contribution in [0.4, 0.5) is 0 Å². The van der Waals surface area contributed by atoms with Gasteiger partial charge in [0.15, 0.2) is 0 Å². The van der Waals surface area contributed by atoms with Crippen molar-refractivity contribution in [1.29, 1.82) is 0 Å². The molecule has 3 rings (SSSR count). The lowest BCUT2D eigenvalue weighted by Crippen LogP contribution is -2.26. The zero-order chi connectivity index (χ0) is 13.9. The van der Waals surface area contributed by atoms with Gasteiger partial charge < -0.3 is 5.32 Å². The lowest BCUT2D eigenvalue weighted by atomic mass is 9.99. The fourth-order valence-electron chi connectivity index (χ4n) is 2.78. The van der Waals surface area contributed by atoms with Crippen molar-refractivity contribution in [3.05, 3.63) is 70.7 Å². The molecule has 0 amide bonds. The molecule has 1 unspecified atom stereocenters. The summed E-state index contributed by atoms with van der Waals surface area (Å²) in [5.74, 6) is 0.766. The number of hydrogen-bond donors (Lipinski definition) is 1. The molecule has 2 atom stereocenters. The van der Waals surface area contributed by atoms with Gasteiger partial charge in [0, 0.05) is 17.1 Å². The molecule has 1 N–H and O–H groups in total. The van der Waals surface area contributed by atoms with Gasteiger partial charge in [0.2, 0.25) is 0 Å². The number of benzene rings is 2. The highest BCUT2D eigenvalue weighted by molar-refractivity contribution is 6.31. The zero-order valence-electron chi connectivity index (χ0n) is 11.7. The largest absolute Gasteiger partial charge is 0.303 e. The van der Waals surface area contributed by atoms with Crippen LogP contribution in [0, 0.1) is 5.92 Å². The molecule has 0 bridgehead atoms. The molecule has 0 radical (unpaired) electrons. The van der Waals surface area contributed by atoms with Gasteiger partial charge in [-0.15, -0.1) is 0 Å². The van der Waals surface area contributed by atoms with Crippen molar-refractivity contribution in [3.8, 4) is 0 Å².